The maximum Gasteiger partial charge on any atom is 0.264 e. The van der Waals surface area contributed by atoms with E-state index in [0.29, 0.717) is 21.8 Å². The molecule has 0 spiro atoms. The van der Waals surface area contributed by atoms with Crippen LogP contribution in [0, 0.1) is 5.82 Å². The minimum absolute atomic E-state index is 0.135. The number of aliphatic hydroxyl groups is 1. The zero-order valence-electron chi connectivity index (χ0n) is 15.6. The number of Topliss-reactive ketones (excluding diaryl/α,β-unsaturated/α-hetero) is 1. The lowest BCUT2D eigenvalue weighted by molar-refractivity contribution is -0.136. The normalized spacial score (nSPS) is 17.9. The van der Waals surface area contributed by atoms with Crippen molar-refractivity contribution in [2.75, 3.05) is 4.90 Å². The van der Waals surface area contributed by atoms with E-state index in [2.05, 4.69) is 0 Å². The number of fused-ring (bicyclic) bond motifs is 1. The number of carbonyl (C=O) groups is 2. The number of rotatable bonds is 5. The van der Waals surface area contributed by atoms with Crippen molar-refractivity contribution < 1.29 is 19.1 Å². The second-order valence-corrected chi connectivity index (χ2v) is 7.92. The van der Waals surface area contributed by atoms with Crippen molar-refractivity contribution in [3.05, 3.63) is 99.3 Å². The fourth-order valence-corrected chi connectivity index (χ4v) is 3.99. The summed E-state index contributed by atoms with van der Waals surface area (Å²) in [5.41, 5.74) is -0.896. The van der Waals surface area contributed by atoms with Crippen molar-refractivity contribution in [3.8, 4) is 0 Å². The fourth-order valence-electron chi connectivity index (χ4n) is 3.65. The first kappa shape index (κ1) is 20.5. The first-order chi connectivity index (χ1) is 14.3. The van der Waals surface area contributed by atoms with Crippen molar-refractivity contribution in [2.24, 2.45) is 0 Å². The number of carbonyl (C=O) groups excluding carboxylic acids is 2. The molecule has 0 saturated carbocycles. The van der Waals surface area contributed by atoms with Gasteiger partial charge in [0.2, 0.25) is 0 Å². The Morgan fingerprint density at radius 3 is 2.40 bits per heavy atom. The number of ketones is 1. The van der Waals surface area contributed by atoms with Gasteiger partial charge in [-0.1, -0.05) is 47.5 Å². The Bertz CT molecular complexity index is 1130. The average molecular weight is 444 g/mol. The number of hydrogen-bond acceptors (Lipinski definition) is 3. The molecule has 4 rings (SSSR count). The highest BCUT2D eigenvalue weighted by molar-refractivity contribution is 6.31. The van der Waals surface area contributed by atoms with Crippen molar-refractivity contribution in [2.45, 2.75) is 18.6 Å². The van der Waals surface area contributed by atoms with E-state index in [9.17, 15) is 19.1 Å². The van der Waals surface area contributed by atoms with Crippen LogP contribution in [0.2, 0.25) is 10.0 Å². The van der Waals surface area contributed by atoms with Crippen LogP contribution in [-0.2, 0) is 16.9 Å². The molecule has 0 unspecified atom stereocenters. The number of para-hydroxylation sites is 1. The van der Waals surface area contributed by atoms with Crippen LogP contribution in [-0.4, -0.2) is 16.8 Å². The zero-order chi connectivity index (χ0) is 21.5. The zero-order valence-corrected chi connectivity index (χ0v) is 17.1. The first-order valence-corrected chi connectivity index (χ1v) is 9.92. The molecule has 30 heavy (non-hydrogen) atoms. The van der Waals surface area contributed by atoms with E-state index in [1.165, 1.54) is 35.2 Å². The molecule has 0 aromatic heterocycles. The van der Waals surface area contributed by atoms with Gasteiger partial charge in [-0.05, 0) is 42.5 Å². The Labute approximate surface area is 182 Å². The van der Waals surface area contributed by atoms with Crippen molar-refractivity contribution in [3.63, 3.8) is 0 Å². The summed E-state index contributed by atoms with van der Waals surface area (Å²) in [7, 11) is 0. The molecule has 1 heterocycles. The van der Waals surface area contributed by atoms with Gasteiger partial charge in [-0.25, -0.2) is 4.39 Å². The minimum Gasteiger partial charge on any atom is -0.375 e. The number of nitrogens with zero attached hydrogens (tertiary/aromatic N) is 1. The molecular weight excluding hydrogens is 428 g/mol. The molecule has 0 aliphatic carbocycles. The van der Waals surface area contributed by atoms with Gasteiger partial charge >= 0.3 is 0 Å². The summed E-state index contributed by atoms with van der Waals surface area (Å²) < 4.78 is 14.3. The van der Waals surface area contributed by atoms with E-state index in [-0.39, 0.29) is 17.1 Å². The van der Waals surface area contributed by atoms with E-state index in [0.717, 1.165) is 0 Å². The third-order valence-electron chi connectivity index (χ3n) is 5.20. The SMILES string of the molecule is O=C(C[C@@]1(O)C(=O)N(Cc2c(F)cccc2Cl)c2ccccc21)c1ccc(Cl)cc1. The summed E-state index contributed by atoms with van der Waals surface area (Å²) in [6.45, 7) is -0.168. The maximum absolute atomic E-state index is 14.3. The second-order valence-electron chi connectivity index (χ2n) is 7.08. The van der Waals surface area contributed by atoms with Crippen LogP contribution < -0.4 is 4.90 Å². The summed E-state index contributed by atoms with van der Waals surface area (Å²) in [5, 5.41) is 12.0. The molecule has 1 N–H and O–H groups in total. The Kier molecular flexibility index (Phi) is 5.36. The monoisotopic (exact) mass is 443 g/mol. The number of anilines is 1. The Hall–Kier alpha value is -2.73. The van der Waals surface area contributed by atoms with Crippen LogP contribution in [0.25, 0.3) is 0 Å². The number of benzene rings is 3. The largest absolute Gasteiger partial charge is 0.375 e. The predicted molar refractivity (Wildman–Crippen MR) is 113 cm³/mol. The van der Waals surface area contributed by atoms with Gasteiger partial charge in [-0.15, -0.1) is 0 Å². The van der Waals surface area contributed by atoms with Crippen molar-refractivity contribution >= 4 is 40.6 Å². The first-order valence-electron chi connectivity index (χ1n) is 9.17. The molecule has 1 aliphatic heterocycles. The third kappa shape index (κ3) is 3.49. The smallest absolute Gasteiger partial charge is 0.264 e. The van der Waals surface area contributed by atoms with E-state index in [1.54, 1.807) is 36.4 Å². The Morgan fingerprint density at radius 2 is 1.70 bits per heavy atom. The van der Waals surface area contributed by atoms with E-state index < -0.39 is 29.5 Å². The van der Waals surface area contributed by atoms with Gasteiger partial charge in [-0.2, -0.15) is 0 Å². The summed E-state index contributed by atoms with van der Waals surface area (Å²) in [4.78, 5) is 27.3. The Morgan fingerprint density at radius 1 is 1.00 bits per heavy atom. The number of hydrogen-bond donors (Lipinski definition) is 1. The van der Waals surface area contributed by atoms with Crippen LogP contribution in [0.4, 0.5) is 10.1 Å². The molecule has 3 aromatic rings. The molecule has 0 bridgehead atoms. The molecule has 0 radical (unpaired) electrons. The molecule has 152 valence electrons. The van der Waals surface area contributed by atoms with Gasteiger partial charge in [0.05, 0.1) is 18.7 Å². The van der Waals surface area contributed by atoms with Crippen LogP contribution in [0.1, 0.15) is 27.9 Å². The van der Waals surface area contributed by atoms with Crippen LogP contribution in [0.5, 0.6) is 0 Å². The lowest BCUT2D eigenvalue weighted by atomic mass is 9.88. The van der Waals surface area contributed by atoms with Crippen molar-refractivity contribution in [1.29, 1.82) is 0 Å². The molecule has 1 amide bonds. The molecule has 3 aromatic carbocycles. The van der Waals surface area contributed by atoms with Gasteiger partial charge < -0.3 is 10.0 Å². The van der Waals surface area contributed by atoms with Crippen LogP contribution >= 0.6 is 23.2 Å². The summed E-state index contributed by atoms with van der Waals surface area (Å²) >= 11 is 12.0. The highest BCUT2D eigenvalue weighted by Crippen LogP contribution is 2.44. The lowest BCUT2D eigenvalue weighted by Crippen LogP contribution is -2.41. The van der Waals surface area contributed by atoms with Crippen LogP contribution in [0.3, 0.4) is 0 Å². The standard InChI is InChI=1S/C23H16Cl2FNO3/c24-15-10-8-14(9-11-15)21(28)12-23(30)17-4-1-2-7-20(17)27(22(23)29)13-16-18(25)5-3-6-19(16)26/h1-11,30H,12-13H2/t23-/m0/s1. The summed E-state index contributed by atoms with van der Waals surface area (Å²) in [6.07, 6.45) is -0.452. The molecule has 0 saturated heterocycles. The number of halogens is 3. The predicted octanol–water partition coefficient (Wildman–Crippen LogP) is 5.14. The van der Waals surface area contributed by atoms with Gasteiger partial charge in [0.15, 0.2) is 11.4 Å². The third-order valence-corrected chi connectivity index (χ3v) is 5.81. The molecule has 7 heteroatoms. The highest BCUT2D eigenvalue weighted by atomic mass is 35.5. The van der Waals surface area contributed by atoms with Gasteiger partial charge in [-0.3, -0.25) is 9.59 Å². The summed E-state index contributed by atoms with van der Waals surface area (Å²) in [5.74, 6) is -1.67. The average Bonchev–Trinajstić information content (AvgIpc) is 2.93. The highest BCUT2D eigenvalue weighted by Gasteiger charge is 2.51. The van der Waals surface area contributed by atoms with E-state index >= 15 is 0 Å². The van der Waals surface area contributed by atoms with Crippen molar-refractivity contribution in [1.82, 2.24) is 0 Å². The number of amides is 1. The van der Waals surface area contributed by atoms with Gasteiger partial charge in [0, 0.05) is 26.7 Å². The second kappa shape index (κ2) is 7.84. The van der Waals surface area contributed by atoms with Crippen LogP contribution in [0.15, 0.2) is 66.7 Å². The molecule has 0 fully saturated rings. The molecule has 4 nitrogen and oxygen atoms in total. The Balaban J connectivity index is 1.70. The van der Waals surface area contributed by atoms with E-state index in [1.807, 2.05) is 0 Å². The molecule has 1 atom stereocenters. The fraction of sp³-hybridized carbons (Fsp3) is 0.130. The maximum atomic E-state index is 14.3. The molecular formula is C23H16Cl2FNO3. The van der Waals surface area contributed by atoms with Gasteiger partial charge in [0.25, 0.3) is 5.91 Å². The van der Waals surface area contributed by atoms with Gasteiger partial charge in [0.1, 0.15) is 5.82 Å². The molecule has 1 aliphatic rings. The topological polar surface area (TPSA) is 57.6 Å². The summed E-state index contributed by atoms with van der Waals surface area (Å²) in [6, 6.07) is 17.1. The minimum atomic E-state index is -2.06. The van der Waals surface area contributed by atoms with E-state index in [4.69, 9.17) is 23.2 Å². The quantitative estimate of drug-likeness (QED) is 0.555. The lowest BCUT2D eigenvalue weighted by Gasteiger charge is -2.23.